The summed E-state index contributed by atoms with van der Waals surface area (Å²) in [6.45, 7) is 0. The Morgan fingerprint density at radius 1 is 0.938 bits per heavy atom. The molecule has 3 aromatic heterocycles. The second-order valence-corrected chi connectivity index (χ2v) is 6.70. The predicted molar refractivity (Wildman–Crippen MR) is 117 cm³/mol. The van der Waals surface area contributed by atoms with Crippen molar-refractivity contribution >= 4 is 23.1 Å². The van der Waals surface area contributed by atoms with Crippen LogP contribution < -0.4 is 10.3 Å². The van der Waals surface area contributed by atoms with Gasteiger partial charge in [-0.15, -0.1) is 0 Å². The third-order valence-electron chi connectivity index (χ3n) is 4.65. The zero-order chi connectivity index (χ0) is 21.9. The lowest BCUT2D eigenvalue weighted by atomic mass is 10.2. The van der Waals surface area contributed by atoms with E-state index in [-0.39, 0.29) is 22.9 Å². The molecule has 0 bridgehead atoms. The number of para-hydroxylation sites is 2. The van der Waals surface area contributed by atoms with Crippen molar-refractivity contribution in [3.05, 3.63) is 107 Å². The van der Waals surface area contributed by atoms with Crippen molar-refractivity contribution in [2.45, 2.75) is 0 Å². The molecule has 0 N–H and O–H groups in total. The maximum Gasteiger partial charge on any atom is 0.379 e. The zero-order valence-electron chi connectivity index (χ0n) is 16.5. The van der Waals surface area contributed by atoms with Gasteiger partial charge in [0.1, 0.15) is 5.75 Å². The van der Waals surface area contributed by atoms with Crippen LogP contribution in [0, 0.1) is 0 Å². The summed E-state index contributed by atoms with van der Waals surface area (Å²) in [7, 11) is 0. The van der Waals surface area contributed by atoms with E-state index < -0.39 is 5.97 Å². The van der Waals surface area contributed by atoms with Crippen molar-refractivity contribution in [2.75, 3.05) is 0 Å². The molecule has 0 saturated carbocycles. The van der Waals surface area contributed by atoms with Gasteiger partial charge >= 0.3 is 5.97 Å². The van der Waals surface area contributed by atoms with Crippen LogP contribution >= 0.6 is 0 Å². The first-order valence-corrected chi connectivity index (χ1v) is 9.65. The van der Waals surface area contributed by atoms with Crippen LogP contribution in [0.1, 0.15) is 16.1 Å². The monoisotopic (exact) mass is 425 g/mol. The van der Waals surface area contributed by atoms with Crippen LogP contribution in [0.5, 0.6) is 5.75 Å². The van der Waals surface area contributed by atoms with E-state index >= 15 is 0 Å². The van der Waals surface area contributed by atoms with Crippen molar-refractivity contribution in [1.82, 2.24) is 9.66 Å². The summed E-state index contributed by atoms with van der Waals surface area (Å²) < 4.78 is 17.1. The predicted octanol–water partition coefficient (Wildman–Crippen LogP) is 4.35. The lowest BCUT2D eigenvalue weighted by Gasteiger charge is -2.08. The number of ether oxygens (including phenoxy) is 1. The Bertz CT molecular complexity index is 1480. The van der Waals surface area contributed by atoms with Gasteiger partial charge in [0.25, 0.3) is 5.56 Å². The summed E-state index contributed by atoms with van der Waals surface area (Å²) in [6.07, 6.45) is 4.31. The molecular formula is C24H15N3O5. The Labute approximate surface area is 181 Å². The number of fused-ring (bicyclic) bond motifs is 1. The summed E-state index contributed by atoms with van der Waals surface area (Å²) in [5, 5.41) is 4.77. The van der Waals surface area contributed by atoms with Gasteiger partial charge in [-0.3, -0.25) is 4.79 Å². The molecule has 0 fully saturated rings. The quantitative estimate of drug-likeness (QED) is 0.236. The highest BCUT2D eigenvalue weighted by molar-refractivity contribution is 5.91. The van der Waals surface area contributed by atoms with Gasteiger partial charge in [0, 0.05) is 5.56 Å². The first-order valence-electron chi connectivity index (χ1n) is 9.65. The van der Waals surface area contributed by atoms with Crippen molar-refractivity contribution in [1.29, 1.82) is 0 Å². The Hall–Kier alpha value is -4.72. The molecule has 0 atom stereocenters. The second-order valence-electron chi connectivity index (χ2n) is 6.70. The SMILES string of the molecule is O=C(Oc1ccccc1C=Nn1c(-c2ccco2)nc2ccccc2c1=O)c1ccco1. The lowest BCUT2D eigenvalue weighted by molar-refractivity contribution is 0.0701. The Balaban J connectivity index is 1.58. The highest BCUT2D eigenvalue weighted by atomic mass is 16.5. The normalized spacial score (nSPS) is 11.2. The Morgan fingerprint density at radius 2 is 1.72 bits per heavy atom. The molecule has 0 spiro atoms. The fourth-order valence-electron chi connectivity index (χ4n) is 3.14. The third-order valence-corrected chi connectivity index (χ3v) is 4.65. The van der Waals surface area contributed by atoms with E-state index in [0.29, 0.717) is 22.2 Å². The van der Waals surface area contributed by atoms with Crippen LogP contribution in [0.4, 0.5) is 0 Å². The number of carbonyl (C=O) groups is 1. The molecule has 0 radical (unpaired) electrons. The minimum atomic E-state index is -0.642. The minimum absolute atomic E-state index is 0.0757. The van der Waals surface area contributed by atoms with Crippen LogP contribution in [0.15, 0.2) is 104 Å². The average Bonchev–Trinajstić information content (AvgIpc) is 3.54. The maximum absolute atomic E-state index is 13.2. The van der Waals surface area contributed by atoms with Gasteiger partial charge < -0.3 is 13.6 Å². The molecule has 2 aromatic carbocycles. The largest absolute Gasteiger partial charge is 0.461 e. The average molecular weight is 425 g/mol. The lowest BCUT2D eigenvalue weighted by Crippen LogP contribution is -2.20. The van der Waals surface area contributed by atoms with Crippen molar-refractivity contribution in [3.63, 3.8) is 0 Å². The fourth-order valence-corrected chi connectivity index (χ4v) is 3.14. The van der Waals surface area contributed by atoms with Crippen LogP contribution in [0.25, 0.3) is 22.5 Å². The molecule has 8 heteroatoms. The number of esters is 1. The molecule has 32 heavy (non-hydrogen) atoms. The molecular weight excluding hydrogens is 410 g/mol. The van der Waals surface area contributed by atoms with E-state index in [1.165, 1.54) is 24.8 Å². The molecule has 8 nitrogen and oxygen atoms in total. The number of hydrogen-bond acceptors (Lipinski definition) is 7. The number of carbonyl (C=O) groups excluding carboxylic acids is 1. The van der Waals surface area contributed by atoms with Crippen LogP contribution in [-0.2, 0) is 0 Å². The van der Waals surface area contributed by atoms with Crippen LogP contribution in [0.2, 0.25) is 0 Å². The van der Waals surface area contributed by atoms with E-state index in [9.17, 15) is 9.59 Å². The summed E-state index contributed by atoms with van der Waals surface area (Å²) >= 11 is 0. The maximum atomic E-state index is 13.2. The van der Waals surface area contributed by atoms with Crippen molar-refractivity contribution < 1.29 is 18.4 Å². The standard InChI is InChI=1S/C24H15N3O5/c28-23-17-8-2-3-9-18(17)26-22(20-11-5-13-30-20)27(23)25-15-16-7-1-4-10-19(16)32-24(29)21-12-6-14-31-21/h1-15H. The molecule has 5 aromatic rings. The van der Waals surface area contributed by atoms with Crippen LogP contribution in [0.3, 0.4) is 0 Å². The Morgan fingerprint density at radius 3 is 2.53 bits per heavy atom. The molecule has 156 valence electrons. The van der Waals surface area contributed by atoms with E-state index in [2.05, 4.69) is 10.1 Å². The number of rotatable bonds is 5. The zero-order valence-corrected chi connectivity index (χ0v) is 16.5. The first kappa shape index (κ1) is 19.3. The first-order chi connectivity index (χ1) is 15.7. The summed E-state index contributed by atoms with van der Waals surface area (Å²) in [6, 6.07) is 20.3. The molecule has 0 saturated heterocycles. The number of hydrogen-bond donors (Lipinski definition) is 0. The van der Waals surface area contributed by atoms with Gasteiger partial charge in [0.2, 0.25) is 11.6 Å². The van der Waals surface area contributed by atoms with Gasteiger partial charge in [0.15, 0.2) is 5.76 Å². The number of aromatic nitrogens is 2. The molecule has 0 aliphatic heterocycles. The molecule has 0 aliphatic carbocycles. The minimum Gasteiger partial charge on any atom is -0.461 e. The smallest absolute Gasteiger partial charge is 0.379 e. The highest BCUT2D eigenvalue weighted by Gasteiger charge is 2.16. The molecule has 0 unspecified atom stereocenters. The number of benzene rings is 2. The van der Waals surface area contributed by atoms with Gasteiger partial charge in [-0.05, 0) is 48.5 Å². The van der Waals surface area contributed by atoms with Crippen LogP contribution in [-0.4, -0.2) is 21.8 Å². The van der Waals surface area contributed by atoms with Gasteiger partial charge in [-0.25, -0.2) is 9.78 Å². The van der Waals surface area contributed by atoms with Gasteiger partial charge in [0.05, 0.1) is 29.6 Å². The highest BCUT2D eigenvalue weighted by Crippen LogP contribution is 2.21. The van der Waals surface area contributed by atoms with E-state index in [4.69, 9.17) is 13.6 Å². The second kappa shape index (κ2) is 8.19. The van der Waals surface area contributed by atoms with Gasteiger partial charge in [-0.1, -0.05) is 24.3 Å². The van der Waals surface area contributed by atoms with E-state index in [0.717, 1.165) is 4.68 Å². The Kier molecular flexibility index (Phi) is 4.93. The van der Waals surface area contributed by atoms with E-state index in [1.54, 1.807) is 66.7 Å². The fraction of sp³-hybridized carbons (Fsp3) is 0. The molecule has 0 aliphatic rings. The van der Waals surface area contributed by atoms with Crippen molar-refractivity contribution in [3.8, 4) is 17.3 Å². The number of nitrogens with zero attached hydrogens (tertiary/aromatic N) is 3. The topological polar surface area (TPSA) is 99.8 Å². The molecule has 0 amide bonds. The summed E-state index contributed by atoms with van der Waals surface area (Å²) in [4.78, 5) is 30.0. The summed E-state index contributed by atoms with van der Waals surface area (Å²) in [5.41, 5.74) is 0.657. The summed E-state index contributed by atoms with van der Waals surface area (Å²) in [5.74, 6) is 0.338. The van der Waals surface area contributed by atoms with E-state index in [1.807, 2.05) is 0 Å². The van der Waals surface area contributed by atoms with Gasteiger partial charge in [-0.2, -0.15) is 9.78 Å². The third kappa shape index (κ3) is 3.61. The molecule has 3 heterocycles. The number of furan rings is 2. The van der Waals surface area contributed by atoms with Crippen molar-refractivity contribution in [2.24, 2.45) is 5.10 Å². The molecule has 5 rings (SSSR count).